The van der Waals surface area contributed by atoms with Gasteiger partial charge in [0.05, 0.1) is 12.8 Å². The van der Waals surface area contributed by atoms with Crippen LogP contribution in [-0.4, -0.2) is 28.9 Å². The third-order valence-corrected chi connectivity index (χ3v) is 1.50. The number of carbonyl (C=O) groups excluding carboxylic acids is 1. The zero-order chi connectivity index (χ0) is 9.84. The van der Waals surface area contributed by atoms with Gasteiger partial charge in [0.2, 0.25) is 0 Å². The van der Waals surface area contributed by atoms with Crippen molar-refractivity contribution in [1.29, 1.82) is 0 Å². The number of rotatable bonds is 2. The Hall–Kier alpha value is -1.78. The molecule has 1 N–H and O–H groups in total. The quantitative estimate of drug-likeness (QED) is 0.670. The first-order valence-electron chi connectivity index (χ1n) is 3.62. The van der Waals surface area contributed by atoms with Crippen molar-refractivity contribution in [3.8, 4) is 0 Å². The molecule has 0 saturated heterocycles. The molecule has 1 aromatic heterocycles. The molecule has 0 saturated carbocycles. The number of amides is 1. The Morgan fingerprint density at radius 3 is 2.77 bits per heavy atom. The molecular formula is C8H9NO4. The predicted molar refractivity (Wildman–Crippen MR) is 42.8 cm³/mol. The Morgan fingerprint density at radius 1 is 1.62 bits per heavy atom. The third-order valence-electron chi connectivity index (χ3n) is 1.50. The lowest BCUT2D eigenvalue weighted by atomic mass is 10.4. The molecule has 1 amide bonds. The number of hydrogen-bond donors (Lipinski definition) is 1. The smallest absolute Gasteiger partial charge is 0.394 e. The van der Waals surface area contributed by atoms with Gasteiger partial charge in [-0.1, -0.05) is 0 Å². The third kappa shape index (κ3) is 2.33. The molecule has 0 spiro atoms. The van der Waals surface area contributed by atoms with Crippen molar-refractivity contribution in [2.45, 2.75) is 6.54 Å². The Bertz CT molecular complexity index is 304. The fourth-order valence-corrected chi connectivity index (χ4v) is 0.871. The van der Waals surface area contributed by atoms with Crippen LogP contribution < -0.4 is 0 Å². The first kappa shape index (κ1) is 9.31. The number of nitrogens with zero attached hydrogens (tertiary/aromatic N) is 1. The number of carboxylic acid groups (broad SMARTS) is 1. The SMILES string of the molecule is CN(Cc1ccco1)C(=O)C(=O)O. The summed E-state index contributed by atoms with van der Waals surface area (Å²) in [6.07, 6.45) is 1.47. The molecule has 0 bridgehead atoms. The lowest BCUT2D eigenvalue weighted by Gasteiger charge is -2.11. The lowest BCUT2D eigenvalue weighted by Crippen LogP contribution is -2.32. The topological polar surface area (TPSA) is 70.8 Å². The van der Waals surface area contributed by atoms with Crippen LogP contribution in [0.15, 0.2) is 22.8 Å². The summed E-state index contributed by atoms with van der Waals surface area (Å²) in [5.74, 6) is -1.86. The Labute approximate surface area is 74.6 Å². The number of carboxylic acids is 1. The van der Waals surface area contributed by atoms with Gasteiger partial charge in [-0.2, -0.15) is 0 Å². The van der Waals surface area contributed by atoms with E-state index in [2.05, 4.69) is 0 Å². The Kier molecular flexibility index (Phi) is 2.69. The summed E-state index contributed by atoms with van der Waals surface area (Å²) in [6.45, 7) is 0.165. The van der Waals surface area contributed by atoms with E-state index < -0.39 is 11.9 Å². The molecule has 5 heteroatoms. The summed E-state index contributed by atoms with van der Waals surface area (Å²) < 4.78 is 4.95. The van der Waals surface area contributed by atoms with Gasteiger partial charge in [-0.25, -0.2) is 4.79 Å². The van der Waals surface area contributed by atoms with Gasteiger partial charge in [-0.15, -0.1) is 0 Å². The van der Waals surface area contributed by atoms with E-state index in [0.717, 1.165) is 4.90 Å². The van der Waals surface area contributed by atoms with E-state index in [0.29, 0.717) is 5.76 Å². The number of carbonyl (C=O) groups is 2. The van der Waals surface area contributed by atoms with Crippen LogP contribution in [0.2, 0.25) is 0 Å². The highest BCUT2D eigenvalue weighted by molar-refractivity contribution is 6.31. The van der Waals surface area contributed by atoms with Gasteiger partial charge >= 0.3 is 11.9 Å². The van der Waals surface area contributed by atoms with Gasteiger partial charge in [-0.05, 0) is 12.1 Å². The van der Waals surface area contributed by atoms with Crippen LogP contribution in [-0.2, 0) is 16.1 Å². The molecule has 0 radical (unpaired) electrons. The van der Waals surface area contributed by atoms with Crippen LogP contribution >= 0.6 is 0 Å². The van der Waals surface area contributed by atoms with E-state index >= 15 is 0 Å². The second-order valence-electron chi connectivity index (χ2n) is 2.55. The fraction of sp³-hybridized carbons (Fsp3) is 0.250. The molecule has 1 aromatic rings. The zero-order valence-electron chi connectivity index (χ0n) is 7.06. The van der Waals surface area contributed by atoms with Gasteiger partial charge in [-0.3, -0.25) is 4.79 Å². The van der Waals surface area contributed by atoms with Crippen LogP contribution in [0, 0.1) is 0 Å². The van der Waals surface area contributed by atoms with Crippen molar-refractivity contribution in [2.24, 2.45) is 0 Å². The maximum absolute atomic E-state index is 10.9. The van der Waals surface area contributed by atoms with Crippen molar-refractivity contribution in [1.82, 2.24) is 4.90 Å². The summed E-state index contributed by atoms with van der Waals surface area (Å²) in [5.41, 5.74) is 0. The first-order chi connectivity index (χ1) is 6.11. The van der Waals surface area contributed by atoms with E-state index in [1.807, 2.05) is 0 Å². The molecule has 5 nitrogen and oxygen atoms in total. The molecule has 0 aliphatic rings. The van der Waals surface area contributed by atoms with Crippen LogP contribution in [0.4, 0.5) is 0 Å². The molecule has 0 atom stereocenters. The molecule has 0 aromatic carbocycles. The van der Waals surface area contributed by atoms with Gasteiger partial charge in [0.25, 0.3) is 0 Å². The molecule has 1 heterocycles. The Balaban J connectivity index is 2.55. The molecule has 1 rings (SSSR count). The molecule has 13 heavy (non-hydrogen) atoms. The van der Waals surface area contributed by atoms with E-state index in [-0.39, 0.29) is 6.54 Å². The van der Waals surface area contributed by atoms with Crippen molar-refractivity contribution < 1.29 is 19.1 Å². The second kappa shape index (κ2) is 3.75. The number of furan rings is 1. The molecular weight excluding hydrogens is 174 g/mol. The second-order valence-corrected chi connectivity index (χ2v) is 2.55. The molecule has 0 unspecified atom stereocenters. The van der Waals surface area contributed by atoms with Crippen molar-refractivity contribution in [3.05, 3.63) is 24.2 Å². The molecule has 70 valence electrons. The summed E-state index contributed by atoms with van der Waals surface area (Å²) in [6, 6.07) is 3.35. The summed E-state index contributed by atoms with van der Waals surface area (Å²) in [5, 5.41) is 8.36. The van der Waals surface area contributed by atoms with Crippen molar-refractivity contribution >= 4 is 11.9 Å². The maximum atomic E-state index is 10.9. The fourth-order valence-electron chi connectivity index (χ4n) is 0.871. The molecule has 0 aliphatic heterocycles. The van der Waals surface area contributed by atoms with Gasteiger partial charge in [0.1, 0.15) is 5.76 Å². The Morgan fingerprint density at radius 2 is 2.31 bits per heavy atom. The minimum absolute atomic E-state index is 0.165. The van der Waals surface area contributed by atoms with E-state index in [1.54, 1.807) is 12.1 Å². The lowest BCUT2D eigenvalue weighted by molar-refractivity contribution is -0.155. The predicted octanol–water partition coefficient (Wildman–Crippen LogP) is 0.323. The van der Waals surface area contributed by atoms with Crippen molar-refractivity contribution in [2.75, 3.05) is 7.05 Å². The number of likely N-dealkylation sites (N-methyl/N-ethyl adjacent to an activating group) is 1. The van der Waals surface area contributed by atoms with Crippen LogP contribution in [0.25, 0.3) is 0 Å². The minimum atomic E-state index is -1.46. The van der Waals surface area contributed by atoms with Crippen LogP contribution in [0.1, 0.15) is 5.76 Å². The maximum Gasteiger partial charge on any atom is 0.394 e. The number of aliphatic carboxylic acids is 1. The van der Waals surface area contributed by atoms with Crippen LogP contribution in [0.3, 0.4) is 0 Å². The highest BCUT2D eigenvalue weighted by atomic mass is 16.4. The number of hydrogen-bond acceptors (Lipinski definition) is 3. The monoisotopic (exact) mass is 183 g/mol. The van der Waals surface area contributed by atoms with Gasteiger partial charge in [0, 0.05) is 7.05 Å². The van der Waals surface area contributed by atoms with E-state index in [9.17, 15) is 9.59 Å². The van der Waals surface area contributed by atoms with Gasteiger partial charge < -0.3 is 14.4 Å². The highest BCUT2D eigenvalue weighted by Crippen LogP contribution is 2.03. The van der Waals surface area contributed by atoms with Gasteiger partial charge in [0.15, 0.2) is 0 Å². The zero-order valence-corrected chi connectivity index (χ0v) is 7.06. The van der Waals surface area contributed by atoms with E-state index in [1.165, 1.54) is 13.3 Å². The van der Waals surface area contributed by atoms with Crippen molar-refractivity contribution in [3.63, 3.8) is 0 Å². The largest absolute Gasteiger partial charge is 0.474 e. The average Bonchev–Trinajstić information content (AvgIpc) is 2.55. The highest BCUT2D eigenvalue weighted by Gasteiger charge is 2.17. The van der Waals surface area contributed by atoms with E-state index in [4.69, 9.17) is 9.52 Å². The minimum Gasteiger partial charge on any atom is -0.474 e. The normalized spacial score (nSPS) is 9.62. The first-order valence-corrected chi connectivity index (χ1v) is 3.62. The summed E-state index contributed by atoms with van der Waals surface area (Å²) in [4.78, 5) is 22.2. The molecule has 0 fully saturated rings. The average molecular weight is 183 g/mol. The molecule has 0 aliphatic carbocycles. The summed E-state index contributed by atoms with van der Waals surface area (Å²) in [7, 11) is 1.40. The van der Waals surface area contributed by atoms with Crippen LogP contribution in [0.5, 0.6) is 0 Å². The summed E-state index contributed by atoms with van der Waals surface area (Å²) >= 11 is 0. The standard InChI is InChI=1S/C8H9NO4/c1-9(7(10)8(11)12)5-6-3-2-4-13-6/h2-4H,5H2,1H3,(H,11,12).